The Kier molecular flexibility index (Phi) is 16.4. The van der Waals surface area contributed by atoms with Crippen molar-refractivity contribution in [2.24, 2.45) is 0 Å². The first-order valence-electron chi connectivity index (χ1n) is 15.9. The minimum atomic E-state index is -1.53. The van der Waals surface area contributed by atoms with Gasteiger partial charge in [0.25, 0.3) is 5.91 Å². The molecule has 0 aromatic heterocycles. The molecule has 2 heterocycles. The quantitative estimate of drug-likeness (QED) is 0.0442. The maximum absolute atomic E-state index is 12.6. The van der Waals surface area contributed by atoms with E-state index >= 15 is 0 Å². The van der Waals surface area contributed by atoms with Gasteiger partial charge in [-0.15, -0.1) is 0 Å². The molecular formula is C33H48N2O14. The number of nitrogens with one attached hydrogen (secondary N) is 2. The summed E-state index contributed by atoms with van der Waals surface area (Å²) < 4.78 is 21.9. The summed E-state index contributed by atoms with van der Waals surface area (Å²) in [4.78, 5) is 24.9. The van der Waals surface area contributed by atoms with E-state index in [1.807, 2.05) is 0 Å². The zero-order valence-electron chi connectivity index (χ0n) is 27.2. The second kappa shape index (κ2) is 19.9. The molecule has 0 aliphatic carbocycles. The van der Waals surface area contributed by atoms with Gasteiger partial charge in [-0.3, -0.25) is 9.59 Å². The van der Waals surface area contributed by atoms with Crippen molar-refractivity contribution < 1.29 is 69.4 Å². The normalized spacial score (nSPS) is 30.7. The number of allylic oxidation sites excluding steroid dienone is 2. The van der Waals surface area contributed by atoms with Gasteiger partial charge >= 0.3 is 0 Å². The number of rotatable bonds is 17. The van der Waals surface area contributed by atoms with Gasteiger partial charge in [-0.1, -0.05) is 36.9 Å². The van der Waals surface area contributed by atoms with E-state index in [9.17, 15) is 50.4 Å². The van der Waals surface area contributed by atoms with E-state index in [4.69, 9.17) is 18.9 Å². The van der Waals surface area contributed by atoms with Crippen molar-refractivity contribution in [3.05, 3.63) is 71.3 Å². The SMILES string of the molecule is C=C(/C=C\C=C(/C)C(=O)NCCOCCOCCNC(=O)c1cccc([C@H]2O[C@H](CO)[C@@H](O)[C@H](O)[C@@H]2O)c1)[C@H]1O[C@H](CO)[C@@H](O)[C@H](O)[C@@H]1O. The van der Waals surface area contributed by atoms with Crippen molar-refractivity contribution in [2.45, 2.75) is 68.0 Å². The van der Waals surface area contributed by atoms with Gasteiger partial charge in [0, 0.05) is 24.2 Å². The number of hydrogen-bond donors (Lipinski definition) is 10. The fourth-order valence-electron chi connectivity index (χ4n) is 5.17. The lowest BCUT2D eigenvalue weighted by molar-refractivity contribution is -0.231. The molecule has 274 valence electrons. The van der Waals surface area contributed by atoms with Gasteiger partial charge in [-0.25, -0.2) is 0 Å². The lowest BCUT2D eigenvalue weighted by Crippen LogP contribution is -2.58. The van der Waals surface area contributed by atoms with Crippen LogP contribution in [0.2, 0.25) is 0 Å². The first-order chi connectivity index (χ1) is 23.4. The molecule has 1 aromatic carbocycles. The molecular weight excluding hydrogens is 648 g/mol. The first kappa shape index (κ1) is 40.3. The smallest absolute Gasteiger partial charge is 0.251 e. The third-order valence-corrected chi connectivity index (χ3v) is 8.08. The van der Waals surface area contributed by atoms with Crippen LogP contribution in [0.4, 0.5) is 0 Å². The number of hydrogen-bond acceptors (Lipinski definition) is 14. The molecule has 49 heavy (non-hydrogen) atoms. The molecule has 0 spiro atoms. The molecule has 0 bridgehead atoms. The fraction of sp³-hybridized carbons (Fsp3) is 0.576. The predicted octanol–water partition coefficient (Wildman–Crippen LogP) is -3.02. The fourth-order valence-corrected chi connectivity index (χ4v) is 5.17. The van der Waals surface area contributed by atoms with Crippen LogP contribution in [0.5, 0.6) is 0 Å². The summed E-state index contributed by atoms with van der Waals surface area (Å²) in [6.45, 7) is 5.67. The Bertz CT molecular complexity index is 1290. The van der Waals surface area contributed by atoms with Crippen LogP contribution in [0.25, 0.3) is 0 Å². The number of benzene rings is 1. The average molecular weight is 697 g/mol. The summed E-state index contributed by atoms with van der Waals surface area (Å²) >= 11 is 0. The molecule has 2 saturated heterocycles. The van der Waals surface area contributed by atoms with Crippen LogP contribution in [0.1, 0.15) is 28.9 Å². The van der Waals surface area contributed by atoms with E-state index in [-0.39, 0.29) is 56.6 Å². The lowest BCUT2D eigenvalue weighted by atomic mass is 9.90. The predicted molar refractivity (Wildman–Crippen MR) is 172 cm³/mol. The monoisotopic (exact) mass is 696 g/mol. The molecule has 2 aliphatic rings. The summed E-state index contributed by atoms with van der Waals surface area (Å²) in [6.07, 6.45) is -8.56. The Labute approximate surface area is 283 Å². The van der Waals surface area contributed by atoms with Crippen LogP contribution in [0.15, 0.2) is 60.2 Å². The van der Waals surface area contributed by atoms with E-state index < -0.39 is 80.2 Å². The lowest BCUT2D eigenvalue weighted by Gasteiger charge is -2.40. The molecule has 3 rings (SSSR count). The highest BCUT2D eigenvalue weighted by Gasteiger charge is 2.45. The molecule has 10 atom stereocenters. The van der Waals surface area contributed by atoms with Gasteiger partial charge in [0.2, 0.25) is 5.91 Å². The van der Waals surface area contributed by atoms with Crippen LogP contribution in [-0.4, -0.2) is 160 Å². The van der Waals surface area contributed by atoms with Gasteiger partial charge in [0.1, 0.15) is 61.0 Å². The standard InChI is InChI=1S/C33H48N2O14/c1-18(30-28(42)26(40)24(38)22(16-36)48-30)5-3-6-19(2)32(44)34-9-11-46-13-14-47-12-10-35-33(45)21-8-4-7-20(15-21)31-29(43)27(41)25(39)23(17-37)49-31/h3-8,15,22-31,36-43H,1,9-14,16-17H2,2H3,(H,34,44)(H,35,45)/b5-3-,19-6+/t22-,23-,24-,25-,26+,27+,28+,29+,30-,31-/m1/s1. The number of aliphatic hydroxyl groups excluding tert-OH is 8. The van der Waals surface area contributed by atoms with Gasteiger partial charge in [0.15, 0.2) is 0 Å². The molecule has 0 radical (unpaired) electrons. The van der Waals surface area contributed by atoms with Gasteiger partial charge in [0.05, 0.1) is 39.6 Å². The minimum absolute atomic E-state index is 0.203. The highest BCUT2D eigenvalue weighted by atomic mass is 16.6. The third kappa shape index (κ3) is 11.2. The largest absolute Gasteiger partial charge is 0.394 e. The maximum Gasteiger partial charge on any atom is 0.251 e. The Morgan fingerprint density at radius 3 is 2.04 bits per heavy atom. The van der Waals surface area contributed by atoms with Crippen LogP contribution >= 0.6 is 0 Å². The number of amides is 2. The van der Waals surface area contributed by atoms with Crippen LogP contribution in [0, 0.1) is 0 Å². The summed E-state index contributed by atoms with van der Waals surface area (Å²) in [5.41, 5.74) is 1.33. The van der Waals surface area contributed by atoms with Crippen molar-refractivity contribution in [3.63, 3.8) is 0 Å². The summed E-state index contributed by atoms with van der Waals surface area (Å²) in [7, 11) is 0. The van der Waals surface area contributed by atoms with Gasteiger partial charge < -0.3 is 70.4 Å². The van der Waals surface area contributed by atoms with Crippen LogP contribution < -0.4 is 10.6 Å². The Hall–Kier alpha value is -3.10. The van der Waals surface area contributed by atoms with E-state index in [1.54, 1.807) is 25.1 Å². The van der Waals surface area contributed by atoms with Crippen LogP contribution in [0.3, 0.4) is 0 Å². The molecule has 0 unspecified atom stereocenters. The third-order valence-electron chi connectivity index (χ3n) is 8.08. The second-order valence-electron chi connectivity index (χ2n) is 11.6. The molecule has 10 N–H and O–H groups in total. The van der Waals surface area contributed by atoms with Crippen molar-refractivity contribution in [1.82, 2.24) is 10.6 Å². The molecule has 0 saturated carbocycles. The minimum Gasteiger partial charge on any atom is -0.394 e. The summed E-state index contributed by atoms with van der Waals surface area (Å²) in [6, 6.07) is 6.25. The number of carbonyl (C=O) groups is 2. The topological polar surface area (TPSA) is 257 Å². The summed E-state index contributed by atoms with van der Waals surface area (Å²) in [5.74, 6) is -0.738. The first-order valence-corrected chi connectivity index (χ1v) is 15.9. The van der Waals surface area contributed by atoms with Crippen LogP contribution in [-0.2, 0) is 23.7 Å². The molecule has 1 aromatic rings. The van der Waals surface area contributed by atoms with Crippen molar-refractivity contribution in [2.75, 3.05) is 52.7 Å². The zero-order chi connectivity index (χ0) is 36.1. The Balaban J connectivity index is 1.27. The van der Waals surface area contributed by atoms with Gasteiger partial charge in [-0.2, -0.15) is 0 Å². The molecule has 16 nitrogen and oxygen atoms in total. The molecule has 2 aliphatic heterocycles. The Morgan fingerprint density at radius 1 is 0.816 bits per heavy atom. The number of aliphatic hydroxyl groups is 8. The average Bonchev–Trinajstić information content (AvgIpc) is 3.10. The van der Waals surface area contributed by atoms with Crippen molar-refractivity contribution in [3.8, 4) is 0 Å². The zero-order valence-corrected chi connectivity index (χ0v) is 27.2. The molecule has 2 fully saturated rings. The maximum atomic E-state index is 12.6. The summed E-state index contributed by atoms with van der Waals surface area (Å²) in [5, 5.41) is 84.6. The van der Waals surface area contributed by atoms with E-state index in [1.165, 1.54) is 24.3 Å². The number of ether oxygens (including phenoxy) is 4. The van der Waals surface area contributed by atoms with E-state index in [0.717, 1.165) is 0 Å². The highest BCUT2D eigenvalue weighted by Crippen LogP contribution is 2.32. The molecule has 2 amide bonds. The second-order valence-corrected chi connectivity index (χ2v) is 11.6. The van der Waals surface area contributed by atoms with Crippen molar-refractivity contribution >= 4 is 11.8 Å². The van der Waals surface area contributed by atoms with Crippen molar-refractivity contribution in [1.29, 1.82) is 0 Å². The highest BCUT2D eigenvalue weighted by molar-refractivity contribution is 5.94. The van der Waals surface area contributed by atoms with E-state index in [0.29, 0.717) is 11.1 Å². The number of carbonyl (C=O) groups excluding carboxylic acids is 2. The van der Waals surface area contributed by atoms with Gasteiger partial charge in [-0.05, 0) is 30.2 Å². The van der Waals surface area contributed by atoms with E-state index in [2.05, 4.69) is 17.2 Å². The molecule has 16 heteroatoms. The Morgan fingerprint density at radius 2 is 1.41 bits per heavy atom.